The van der Waals surface area contributed by atoms with Gasteiger partial charge in [-0.1, -0.05) is 27.2 Å². The lowest BCUT2D eigenvalue weighted by Crippen LogP contribution is -2.15. The van der Waals surface area contributed by atoms with Crippen LogP contribution in [0.3, 0.4) is 0 Å². The molecule has 0 fully saturated rings. The molecular weight excluding hydrogens is 224 g/mol. The highest BCUT2D eigenvalue weighted by molar-refractivity contribution is 5.71. The van der Waals surface area contributed by atoms with Crippen LogP contribution < -0.4 is 0 Å². The lowest BCUT2D eigenvalue weighted by atomic mass is 10.2. The molecule has 0 aliphatic carbocycles. The van der Waals surface area contributed by atoms with E-state index in [-0.39, 0.29) is 25.1 Å². The second kappa shape index (κ2) is 9.93. The van der Waals surface area contributed by atoms with Gasteiger partial charge in [0.05, 0.1) is 25.7 Å². The van der Waals surface area contributed by atoms with Crippen molar-refractivity contribution in [2.24, 2.45) is 5.92 Å². The summed E-state index contributed by atoms with van der Waals surface area (Å²) in [5.41, 5.74) is 0. The molecule has 0 aromatic rings. The average molecular weight is 246 g/mol. The quantitative estimate of drug-likeness (QED) is 0.486. The molecule has 0 bridgehead atoms. The van der Waals surface area contributed by atoms with Crippen LogP contribution in [0.2, 0.25) is 0 Å². The van der Waals surface area contributed by atoms with Crippen molar-refractivity contribution in [3.05, 3.63) is 0 Å². The molecule has 0 amide bonds. The highest BCUT2D eigenvalue weighted by atomic mass is 16.7. The molecule has 0 atom stereocenters. The van der Waals surface area contributed by atoms with E-state index in [0.29, 0.717) is 13.0 Å². The topological polar surface area (TPSA) is 61.8 Å². The third kappa shape index (κ3) is 9.66. The van der Waals surface area contributed by atoms with Crippen LogP contribution in [0.4, 0.5) is 4.79 Å². The molecule has 100 valence electrons. The standard InChI is InChI=1S/C12H22O5/c1-4-5-7-16-12(14)17-9-6-8-15-11(13)10(2)3/h10H,4-9H2,1-3H3. The van der Waals surface area contributed by atoms with Crippen LogP contribution in [0, 0.1) is 5.92 Å². The third-order valence-electron chi connectivity index (χ3n) is 1.94. The molecule has 0 aromatic heterocycles. The molecule has 5 nitrogen and oxygen atoms in total. The van der Waals surface area contributed by atoms with E-state index in [4.69, 9.17) is 14.2 Å². The van der Waals surface area contributed by atoms with Gasteiger partial charge in [0.1, 0.15) is 0 Å². The van der Waals surface area contributed by atoms with Crippen LogP contribution in [0.25, 0.3) is 0 Å². The minimum atomic E-state index is -0.659. The maximum atomic E-state index is 11.1. The molecule has 0 unspecified atom stereocenters. The van der Waals surface area contributed by atoms with Gasteiger partial charge in [-0.3, -0.25) is 4.79 Å². The summed E-state index contributed by atoms with van der Waals surface area (Å²) in [5.74, 6) is -0.370. The van der Waals surface area contributed by atoms with Crippen molar-refractivity contribution >= 4 is 12.1 Å². The first-order valence-corrected chi connectivity index (χ1v) is 6.04. The van der Waals surface area contributed by atoms with E-state index in [0.717, 1.165) is 12.8 Å². The SMILES string of the molecule is CCCCOC(=O)OCCCOC(=O)C(C)C. The monoisotopic (exact) mass is 246 g/mol. The Morgan fingerprint density at radius 2 is 1.47 bits per heavy atom. The predicted octanol–water partition coefficient (Wildman–Crippen LogP) is 2.53. The van der Waals surface area contributed by atoms with E-state index < -0.39 is 6.16 Å². The van der Waals surface area contributed by atoms with Gasteiger partial charge in [0.15, 0.2) is 0 Å². The summed E-state index contributed by atoms with van der Waals surface area (Å²) in [6.45, 7) is 6.40. The molecule has 0 heterocycles. The maximum absolute atomic E-state index is 11.1. The highest BCUT2D eigenvalue weighted by Gasteiger charge is 2.08. The van der Waals surface area contributed by atoms with Crippen molar-refractivity contribution in [3.63, 3.8) is 0 Å². The zero-order valence-corrected chi connectivity index (χ0v) is 10.9. The third-order valence-corrected chi connectivity index (χ3v) is 1.94. The molecule has 0 aliphatic heterocycles. The van der Waals surface area contributed by atoms with E-state index in [9.17, 15) is 9.59 Å². The summed E-state index contributed by atoms with van der Waals surface area (Å²) in [6.07, 6.45) is 1.63. The van der Waals surface area contributed by atoms with E-state index in [2.05, 4.69) is 0 Å². The number of ether oxygens (including phenoxy) is 3. The van der Waals surface area contributed by atoms with Crippen LogP contribution in [-0.2, 0) is 19.0 Å². The summed E-state index contributed by atoms with van der Waals surface area (Å²) in [6, 6.07) is 0. The number of carbonyl (C=O) groups is 2. The van der Waals surface area contributed by atoms with E-state index >= 15 is 0 Å². The largest absolute Gasteiger partial charge is 0.508 e. The molecule has 17 heavy (non-hydrogen) atoms. The molecule has 0 spiro atoms. The summed E-state index contributed by atoms with van der Waals surface area (Å²) in [5, 5.41) is 0. The van der Waals surface area contributed by atoms with Gasteiger partial charge < -0.3 is 14.2 Å². The Morgan fingerprint density at radius 3 is 2.00 bits per heavy atom. The first-order valence-electron chi connectivity index (χ1n) is 6.04. The molecule has 0 radical (unpaired) electrons. The van der Waals surface area contributed by atoms with Crippen molar-refractivity contribution in [3.8, 4) is 0 Å². The van der Waals surface area contributed by atoms with Crippen LogP contribution in [0.5, 0.6) is 0 Å². The second-order valence-corrected chi connectivity index (χ2v) is 3.98. The highest BCUT2D eigenvalue weighted by Crippen LogP contribution is 1.97. The van der Waals surface area contributed by atoms with Crippen molar-refractivity contribution in [2.45, 2.75) is 40.0 Å². The number of hydrogen-bond acceptors (Lipinski definition) is 5. The summed E-state index contributed by atoms with van der Waals surface area (Å²) >= 11 is 0. The Kier molecular flexibility index (Phi) is 9.19. The van der Waals surface area contributed by atoms with E-state index in [1.54, 1.807) is 13.8 Å². The lowest BCUT2D eigenvalue weighted by Gasteiger charge is -2.07. The molecule has 5 heteroatoms. The van der Waals surface area contributed by atoms with Gasteiger partial charge in [0.2, 0.25) is 0 Å². The van der Waals surface area contributed by atoms with Crippen molar-refractivity contribution in [1.82, 2.24) is 0 Å². The minimum Gasteiger partial charge on any atom is -0.465 e. The number of esters is 1. The Labute approximate surface area is 102 Å². The fourth-order valence-electron chi connectivity index (χ4n) is 0.895. The first-order chi connectivity index (χ1) is 8.07. The number of hydrogen-bond donors (Lipinski definition) is 0. The van der Waals surface area contributed by atoms with Gasteiger partial charge >= 0.3 is 12.1 Å². The van der Waals surface area contributed by atoms with Gasteiger partial charge in [-0.15, -0.1) is 0 Å². The average Bonchev–Trinajstić information content (AvgIpc) is 2.28. The van der Waals surface area contributed by atoms with E-state index in [1.807, 2.05) is 6.92 Å². The number of unbranched alkanes of at least 4 members (excludes halogenated alkanes) is 1. The molecule has 0 aromatic carbocycles. The molecule has 0 rings (SSSR count). The summed E-state index contributed by atoms with van der Waals surface area (Å²) in [4.78, 5) is 22.0. The Hall–Kier alpha value is -1.26. The molecule has 0 saturated heterocycles. The fourth-order valence-corrected chi connectivity index (χ4v) is 0.895. The van der Waals surface area contributed by atoms with Crippen LogP contribution in [0.15, 0.2) is 0 Å². The molecular formula is C12H22O5. The minimum absolute atomic E-state index is 0.130. The van der Waals surface area contributed by atoms with Gasteiger partial charge in [-0.05, 0) is 6.42 Å². The lowest BCUT2D eigenvalue weighted by molar-refractivity contribution is -0.147. The van der Waals surface area contributed by atoms with E-state index in [1.165, 1.54) is 0 Å². The fraction of sp³-hybridized carbons (Fsp3) is 0.833. The number of carbonyl (C=O) groups excluding carboxylic acids is 2. The maximum Gasteiger partial charge on any atom is 0.508 e. The van der Waals surface area contributed by atoms with Gasteiger partial charge in [-0.2, -0.15) is 0 Å². The first kappa shape index (κ1) is 15.7. The van der Waals surface area contributed by atoms with Crippen molar-refractivity contribution in [1.29, 1.82) is 0 Å². The van der Waals surface area contributed by atoms with Crippen molar-refractivity contribution < 1.29 is 23.8 Å². The van der Waals surface area contributed by atoms with Gasteiger partial charge in [0.25, 0.3) is 0 Å². The predicted molar refractivity (Wildman–Crippen MR) is 62.6 cm³/mol. The molecule has 0 aliphatic rings. The number of rotatable bonds is 8. The Balaban J connectivity index is 3.33. The van der Waals surface area contributed by atoms with Gasteiger partial charge in [-0.25, -0.2) is 4.79 Å². The zero-order valence-electron chi connectivity index (χ0n) is 10.9. The molecule has 0 saturated carbocycles. The smallest absolute Gasteiger partial charge is 0.465 e. The normalized spacial score (nSPS) is 10.1. The Morgan fingerprint density at radius 1 is 0.941 bits per heavy atom. The zero-order chi connectivity index (χ0) is 13.1. The van der Waals surface area contributed by atoms with Crippen molar-refractivity contribution in [2.75, 3.05) is 19.8 Å². The Bertz CT molecular complexity index is 225. The molecule has 0 N–H and O–H groups in total. The van der Waals surface area contributed by atoms with Crippen LogP contribution >= 0.6 is 0 Å². The van der Waals surface area contributed by atoms with Crippen LogP contribution in [-0.4, -0.2) is 31.9 Å². The van der Waals surface area contributed by atoms with Crippen LogP contribution in [0.1, 0.15) is 40.0 Å². The summed E-state index contributed by atoms with van der Waals surface area (Å²) in [7, 11) is 0. The van der Waals surface area contributed by atoms with Gasteiger partial charge in [0, 0.05) is 6.42 Å². The summed E-state index contributed by atoms with van der Waals surface area (Å²) < 4.78 is 14.5. The second-order valence-electron chi connectivity index (χ2n) is 3.98.